The van der Waals surface area contributed by atoms with Crippen LogP contribution >= 0.6 is 0 Å². The second-order valence-corrected chi connectivity index (χ2v) is 29.4. The molecule has 0 bridgehead atoms. The number of unbranched alkanes of at least 4 members (excludes halogenated alkanes) is 3. The van der Waals surface area contributed by atoms with Crippen molar-refractivity contribution < 1.29 is 103 Å². The summed E-state index contributed by atoms with van der Waals surface area (Å²) in [7, 11) is -5.03. The largest absolute Gasteiger partial charge is 1.00 e. The van der Waals surface area contributed by atoms with Crippen molar-refractivity contribution >= 4 is 63.2 Å². The van der Waals surface area contributed by atoms with Crippen LogP contribution in [0, 0.1) is 0 Å². The Hall–Kier alpha value is -8.33. The fourth-order valence-corrected chi connectivity index (χ4v) is 17.4. The maximum Gasteiger partial charge on any atom is 0.500 e. The van der Waals surface area contributed by atoms with E-state index in [1.807, 2.05) is 180 Å². The van der Waals surface area contributed by atoms with Crippen LogP contribution in [0.25, 0.3) is 89.4 Å². The monoisotopic (exact) mass is 1580 g/mol. The SMILES string of the molecule is CCO[Si](CCCCC(=O)CCCC[n+]1ccc(-c2nc(-c3ccccc3)c3nonc3c2-c2ccccc2)cc1)(OCC)OCC.CCO[Si](CCCN)(OCC)OCC.O=C(CCCC[n+]1ccc(-c2nc(-c3ccccc3)c3nonc3c2-c2ccccc2)cc1)ON1C(=O)CCC1=O.[Br-].[Br-]. The van der Waals surface area contributed by atoms with Gasteiger partial charge in [-0.3, -0.25) is 14.4 Å². The number of aromatic nitrogens is 8. The van der Waals surface area contributed by atoms with Crippen molar-refractivity contribution in [2.24, 2.45) is 5.73 Å². The Balaban J connectivity index is 0.000000243. The first-order chi connectivity index (χ1) is 49.9. The number of amides is 2. The number of hydrogen-bond donors (Lipinski definition) is 1. The summed E-state index contributed by atoms with van der Waals surface area (Å²) in [5.41, 5.74) is 18.5. The van der Waals surface area contributed by atoms with E-state index in [1.165, 1.54) is 0 Å². The van der Waals surface area contributed by atoms with E-state index >= 15 is 0 Å². The zero-order valence-corrected chi connectivity index (χ0v) is 65.3. The van der Waals surface area contributed by atoms with Gasteiger partial charge in [-0.25, -0.2) is 33.2 Å². The highest BCUT2D eigenvalue weighted by atomic mass is 79.9. The van der Waals surface area contributed by atoms with Crippen LogP contribution in [0.3, 0.4) is 0 Å². The number of imide groups is 1. The Morgan fingerprint density at radius 2 is 0.750 bits per heavy atom. The van der Waals surface area contributed by atoms with Crippen molar-refractivity contribution in [2.45, 2.75) is 144 Å². The lowest BCUT2D eigenvalue weighted by Crippen LogP contribution is -3.00. The van der Waals surface area contributed by atoms with Crippen LogP contribution in [0.2, 0.25) is 12.1 Å². The van der Waals surface area contributed by atoms with Gasteiger partial charge in [-0.1, -0.05) is 121 Å². The van der Waals surface area contributed by atoms with E-state index in [1.54, 1.807) is 0 Å². The second-order valence-electron chi connectivity index (χ2n) is 24.0. The molecule has 10 aromatic rings. The quantitative estimate of drug-likeness (QED) is 0.0167. The van der Waals surface area contributed by atoms with E-state index in [0.29, 0.717) is 117 Å². The fourth-order valence-electron chi connectivity index (χ4n) is 12.1. The number of hydrogen-bond acceptors (Lipinski definition) is 20. The molecular weight excluding hydrogens is 1490 g/mol. The summed E-state index contributed by atoms with van der Waals surface area (Å²) in [4.78, 5) is 63.1. The number of fused-ring (bicyclic) bond motifs is 2. The van der Waals surface area contributed by atoms with Gasteiger partial charge in [0, 0.05) is 154 Å². The molecule has 104 heavy (non-hydrogen) atoms. The van der Waals surface area contributed by atoms with Crippen molar-refractivity contribution in [3.8, 4) is 67.3 Å². The molecular formula is C77H94Br2N10O13Si2. The van der Waals surface area contributed by atoms with E-state index in [-0.39, 0.29) is 53.2 Å². The summed E-state index contributed by atoms with van der Waals surface area (Å²) in [6.07, 6.45) is 15.2. The van der Waals surface area contributed by atoms with Crippen molar-refractivity contribution in [1.82, 2.24) is 35.7 Å². The third kappa shape index (κ3) is 22.8. The van der Waals surface area contributed by atoms with E-state index in [4.69, 9.17) is 56.4 Å². The van der Waals surface area contributed by atoms with Crippen molar-refractivity contribution in [1.29, 1.82) is 0 Å². The second kappa shape index (κ2) is 43.2. The highest BCUT2D eigenvalue weighted by Crippen LogP contribution is 2.41. The molecule has 0 aliphatic carbocycles. The summed E-state index contributed by atoms with van der Waals surface area (Å²) in [5, 5.41) is 17.6. The van der Waals surface area contributed by atoms with Crippen molar-refractivity contribution in [3.05, 3.63) is 170 Å². The Kier molecular flexibility index (Phi) is 34.5. The molecule has 0 saturated carbocycles. The number of carbonyl (C=O) groups is 4. The molecule has 4 aromatic carbocycles. The van der Waals surface area contributed by atoms with Crippen LogP contribution in [0.1, 0.15) is 119 Å². The molecule has 0 atom stereocenters. The summed E-state index contributed by atoms with van der Waals surface area (Å²) >= 11 is 0. The molecule has 1 saturated heterocycles. The molecule has 1 aliphatic rings. The number of nitrogens with zero attached hydrogens (tertiary/aromatic N) is 9. The first kappa shape index (κ1) is 83.0. The van der Waals surface area contributed by atoms with Crippen LogP contribution in [-0.2, 0) is 63.7 Å². The predicted molar refractivity (Wildman–Crippen MR) is 390 cm³/mol. The van der Waals surface area contributed by atoms with Gasteiger partial charge < -0.3 is 71.1 Å². The average molecular weight is 1580 g/mol. The average Bonchev–Trinajstić information content (AvgIpc) is 1.42. The molecule has 0 unspecified atom stereocenters. The van der Waals surface area contributed by atoms with E-state index in [9.17, 15) is 19.2 Å². The maximum atomic E-state index is 12.6. The van der Waals surface area contributed by atoms with Gasteiger partial charge in [-0.05, 0) is 112 Å². The van der Waals surface area contributed by atoms with E-state index in [0.717, 1.165) is 112 Å². The standard InChI is InChI=1S/C37H45N4O5Si.C31H26N5O5.C9H23NO3Si.2BrH/c1-4-43-47(44-5-2,45-6-3)28-16-14-22-32(42)21-13-15-25-41-26-23-31(24-27-41)34-33(29-17-9-7-10-18-29)36-37(40-46-39-36)35(38-34)30-19-11-8-12-20-30;37-24-14-15-25(38)36(24)40-26(39)13-7-8-18-35-19-16-23(17-20-35)28-27(21-9-3-1-4-10-21)30-31(34-41-33-30)29(32-28)22-11-5-2-6-12-22;1-4-11-14(12-5-2,13-6-3)9-7-8-10;;/h7-12,17-20,23-24,26-27H,4-6,13-16,21-22,25,28H2,1-3H3;1-6,9-12,16-17,19-20H,7-8,13-15,18H2;4-10H2,1-3H3;2*1H/q2*+1;;;/p-2. The molecule has 11 rings (SSSR count). The minimum atomic E-state index is -2.64. The van der Waals surface area contributed by atoms with Crippen LogP contribution in [-0.4, -0.2) is 123 Å². The van der Waals surface area contributed by atoms with Crippen LogP contribution in [0.4, 0.5) is 0 Å². The lowest BCUT2D eigenvalue weighted by Gasteiger charge is -2.28. The van der Waals surface area contributed by atoms with Gasteiger partial charge in [-0.2, -0.15) is 0 Å². The highest BCUT2D eigenvalue weighted by molar-refractivity contribution is 6.61. The first-order valence-corrected chi connectivity index (χ1v) is 39.4. The summed E-state index contributed by atoms with van der Waals surface area (Å²) in [6, 6.07) is 49.6. The van der Waals surface area contributed by atoms with Gasteiger partial charge in [0.25, 0.3) is 11.8 Å². The number of pyridine rings is 4. The minimum Gasteiger partial charge on any atom is -1.00 e. The molecule has 0 spiro atoms. The number of hydroxylamine groups is 2. The first-order valence-electron chi connectivity index (χ1n) is 35.5. The molecule has 27 heteroatoms. The third-order valence-electron chi connectivity index (χ3n) is 16.8. The van der Waals surface area contributed by atoms with Gasteiger partial charge in [0.05, 0.1) is 11.4 Å². The number of halogens is 2. The molecule has 23 nitrogen and oxygen atoms in total. The molecule has 7 heterocycles. The third-order valence-corrected chi connectivity index (χ3v) is 23.1. The molecule has 0 radical (unpaired) electrons. The smallest absolute Gasteiger partial charge is 0.500 e. The van der Waals surface area contributed by atoms with Crippen LogP contribution < -0.4 is 48.8 Å². The normalized spacial score (nSPS) is 12.1. The number of Topliss-reactive ketones (excluding diaryl/α,β-unsaturated/α-hetero) is 1. The lowest BCUT2D eigenvalue weighted by atomic mass is 9.96. The maximum absolute atomic E-state index is 12.6. The topological polar surface area (TPSA) is 274 Å². The Labute approximate surface area is 631 Å². The molecule has 552 valence electrons. The zero-order chi connectivity index (χ0) is 71.9. The molecule has 2 amide bonds. The number of benzene rings is 4. The molecule has 1 aliphatic heterocycles. The number of ketones is 1. The Morgan fingerprint density at radius 1 is 0.423 bits per heavy atom. The van der Waals surface area contributed by atoms with Crippen LogP contribution in [0.15, 0.2) is 180 Å². The van der Waals surface area contributed by atoms with Gasteiger partial charge in [0.1, 0.15) is 41.3 Å². The summed E-state index contributed by atoms with van der Waals surface area (Å²) < 4.78 is 49.4. The lowest BCUT2D eigenvalue weighted by molar-refractivity contribution is -0.697. The fraction of sp³-hybridized carbons (Fsp3) is 0.377. The zero-order valence-electron chi connectivity index (χ0n) is 60.1. The van der Waals surface area contributed by atoms with Crippen molar-refractivity contribution in [3.63, 3.8) is 0 Å². The van der Waals surface area contributed by atoms with E-state index < -0.39 is 35.4 Å². The van der Waals surface area contributed by atoms with Gasteiger partial charge in [0.2, 0.25) is 0 Å². The number of nitrogens with two attached hydrogens (primary N) is 1. The highest BCUT2D eigenvalue weighted by Gasteiger charge is 2.41. The Morgan fingerprint density at radius 3 is 1.12 bits per heavy atom. The van der Waals surface area contributed by atoms with Gasteiger partial charge in [0.15, 0.2) is 35.8 Å². The van der Waals surface area contributed by atoms with E-state index in [2.05, 4.69) is 61.9 Å². The number of aryl methyl sites for hydroxylation is 2. The molecule has 6 aromatic heterocycles. The summed E-state index contributed by atoms with van der Waals surface area (Å²) in [5.74, 6) is -1.22. The molecule has 1 fully saturated rings. The predicted octanol–water partition coefficient (Wildman–Crippen LogP) is 7.94. The van der Waals surface area contributed by atoms with Gasteiger partial charge >= 0.3 is 23.6 Å². The minimum absolute atomic E-state index is 0. The van der Waals surface area contributed by atoms with Gasteiger partial charge in [-0.15, -0.1) is 5.06 Å². The molecule has 2 N–H and O–H groups in total. The Bertz CT molecular complexity index is 4200. The number of rotatable bonds is 37. The van der Waals surface area contributed by atoms with Crippen LogP contribution in [0.5, 0.6) is 0 Å². The summed E-state index contributed by atoms with van der Waals surface area (Å²) in [6.45, 7) is 17.6. The van der Waals surface area contributed by atoms with Crippen molar-refractivity contribution in [2.75, 3.05) is 46.2 Å². The number of carbonyl (C=O) groups excluding carboxylic acids is 4.